The first-order valence-electron chi connectivity index (χ1n) is 24.9. The molecule has 0 amide bonds. The van der Waals surface area contributed by atoms with Crippen molar-refractivity contribution in [3.05, 3.63) is 0 Å². The van der Waals surface area contributed by atoms with E-state index in [1.54, 1.807) is 42.7 Å². The molecule has 0 bridgehead atoms. The minimum Gasteiger partial charge on any atom is -0.394 e. The SMILES string of the molecule is C.C.C.C.C.C.C.C.C.C.C.C.C.C.C.C.C.C.C.C.C.C.C.C.COCCOCCOCC(CBr)(COCCOCCOC)COCCOCCOC.COCCOCCOCC(COCCOCCO)(COCCOCCOC)COCCOCCOC.OCCOCCO. The van der Waals surface area contributed by atoms with Crippen molar-refractivity contribution in [3.63, 3.8) is 0 Å². The number of hydrogen-bond acceptors (Lipinski definition) is 24. The fraction of sp³-hybridized carbons (Fsp3) is 1.00. The maximum atomic E-state index is 8.85. The highest BCUT2D eigenvalue weighted by Crippen LogP contribution is 2.23. The lowest BCUT2D eigenvalue weighted by Crippen LogP contribution is -2.43. The van der Waals surface area contributed by atoms with Crippen LogP contribution in [0.25, 0.3) is 0 Å². The predicted molar refractivity (Wildman–Crippen MR) is 435 cm³/mol. The van der Waals surface area contributed by atoms with Gasteiger partial charge in [-0.1, -0.05) is 194 Å². The fourth-order valence-electron chi connectivity index (χ4n) is 5.20. The van der Waals surface area contributed by atoms with Gasteiger partial charge >= 0.3 is 0 Å². The van der Waals surface area contributed by atoms with Gasteiger partial charge in [-0.2, -0.15) is 0 Å². The van der Waals surface area contributed by atoms with E-state index in [2.05, 4.69) is 20.7 Å². The monoisotopic (exact) mass is 1530 g/mol. The molecular weight excluding hydrogens is 1330 g/mol. The fourth-order valence-corrected chi connectivity index (χ4v) is 5.69. The summed E-state index contributed by atoms with van der Waals surface area (Å²) in [6.07, 6.45) is 0. The van der Waals surface area contributed by atoms with Crippen molar-refractivity contribution in [2.75, 3.05) is 306 Å². The second kappa shape index (κ2) is 162. The van der Waals surface area contributed by atoms with Crippen LogP contribution in [-0.4, -0.2) is 321 Å². The van der Waals surface area contributed by atoms with Gasteiger partial charge < -0.3 is 115 Å². The Kier molecular flexibility index (Phi) is 305. The second-order valence-electron chi connectivity index (χ2n) is 15.5. The van der Waals surface area contributed by atoms with E-state index in [1.165, 1.54) is 0 Å². The van der Waals surface area contributed by atoms with Crippen molar-refractivity contribution in [2.45, 2.75) is 178 Å². The molecule has 3 N–H and O–H groups in total. The standard InChI is InChI=1S/C24H50O12.C20H41BrO9.C4H10O3.24CH4/c1-26-6-9-30-13-17-34-21-24(20-33-16-12-29-5-4-25,22-35-18-14-31-10-7-27-2)23-36-19-15-32-11-8-28-3;1-22-4-7-25-10-13-28-17-20(16-21,18-29-14-11-26-8-5-23-2)19-30-15-12-27-9-6-24-3;5-1-3-7-4-2-6;;;;;;;;;;;;;;;;;;;;;;;;/h25H,4-23H2,1-3H3;4-19H2,1-3H3;5-6H,1-4H2;24*1H4. The average Bonchev–Trinajstić information content (AvgIpc) is 3.40. The first-order valence-corrected chi connectivity index (χ1v) is 26.0. The number of hydrogen-bond donors (Lipinski definition) is 3. The van der Waals surface area contributed by atoms with Gasteiger partial charge in [0.25, 0.3) is 0 Å². The van der Waals surface area contributed by atoms with Gasteiger partial charge in [0.2, 0.25) is 0 Å². The maximum absolute atomic E-state index is 8.85. The Labute approximate surface area is 622 Å². The van der Waals surface area contributed by atoms with Crippen LogP contribution in [0.4, 0.5) is 0 Å². The van der Waals surface area contributed by atoms with Gasteiger partial charge in [0.05, 0.1) is 268 Å². The molecule has 0 unspecified atom stereocenters. The number of rotatable bonds is 60. The van der Waals surface area contributed by atoms with Crippen LogP contribution in [0.5, 0.6) is 0 Å². The van der Waals surface area contributed by atoms with E-state index in [1.807, 2.05) is 0 Å². The van der Waals surface area contributed by atoms with E-state index < -0.39 is 5.41 Å². The van der Waals surface area contributed by atoms with Crippen molar-refractivity contribution in [1.29, 1.82) is 0 Å². The molecule has 636 valence electrons. The molecule has 0 spiro atoms. The van der Waals surface area contributed by atoms with Crippen LogP contribution in [0.1, 0.15) is 178 Å². The number of halogens is 1. The molecule has 0 rings (SSSR count). The highest BCUT2D eigenvalue weighted by molar-refractivity contribution is 9.09. The Morgan fingerprint density at radius 3 is 0.423 bits per heavy atom. The normalized spacial score (nSPS) is 8.85. The molecule has 24 nitrogen and oxygen atoms in total. The zero-order valence-electron chi connectivity index (χ0n) is 45.6. The van der Waals surface area contributed by atoms with Crippen molar-refractivity contribution in [1.82, 2.24) is 0 Å². The van der Waals surface area contributed by atoms with Gasteiger partial charge in [0, 0.05) is 48.0 Å². The third kappa shape index (κ3) is 146. The van der Waals surface area contributed by atoms with E-state index >= 15 is 0 Å². The van der Waals surface area contributed by atoms with Gasteiger partial charge in [-0.3, -0.25) is 0 Å². The summed E-state index contributed by atoms with van der Waals surface area (Å²) in [5, 5.41) is 25.7. The molecule has 0 aromatic heterocycles. The van der Waals surface area contributed by atoms with Crippen LogP contribution < -0.4 is 0 Å². The summed E-state index contributed by atoms with van der Waals surface area (Å²) in [4.78, 5) is 0. The predicted octanol–water partition coefficient (Wildman–Crippen LogP) is 15.7. The molecule has 0 radical (unpaired) electrons. The number of aliphatic hydroxyl groups excluding tert-OH is 3. The van der Waals surface area contributed by atoms with Crippen molar-refractivity contribution >= 4 is 15.9 Å². The van der Waals surface area contributed by atoms with E-state index in [-0.39, 0.29) is 210 Å². The molecule has 0 aliphatic heterocycles. The van der Waals surface area contributed by atoms with Crippen LogP contribution in [0.15, 0.2) is 0 Å². The molecule has 0 fully saturated rings. The molecular formula is C72H197BrO24. The second-order valence-corrected chi connectivity index (χ2v) is 16.1. The van der Waals surface area contributed by atoms with Crippen LogP contribution >= 0.6 is 15.9 Å². The minimum atomic E-state index is -0.553. The van der Waals surface area contributed by atoms with Gasteiger partial charge in [-0.25, -0.2) is 0 Å². The summed E-state index contributed by atoms with van der Waals surface area (Å²) < 4.78 is 114. The third-order valence-electron chi connectivity index (χ3n) is 9.04. The summed E-state index contributed by atoms with van der Waals surface area (Å²) in [6, 6.07) is 0. The zero-order valence-corrected chi connectivity index (χ0v) is 47.2. The Balaban J connectivity index is -0.0000000301. The molecule has 0 heterocycles. The van der Waals surface area contributed by atoms with Gasteiger partial charge in [-0.15, -0.1) is 0 Å². The highest BCUT2D eigenvalue weighted by Gasteiger charge is 2.33. The van der Waals surface area contributed by atoms with Gasteiger partial charge in [-0.05, 0) is 0 Å². The van der Waals surface area contributed by atoms with Crippen molar-refractivity contribution in [3.8, 4) is 0 Å². The average molecular weight is 1530 g/mol. The summed E-state index contributed by atoms with van der Waals surface area (Å²) in [5.41, 5.74) is -0.867. The molecule has 0 aliphatic rings. The molecule has 0 atom stereocenters. The first-order chi connectivity index (χ1) is 35.9. The lowest BCUT2D eigenvalue weighted by atomic mass is 9.92. The summed E-state index contributed by atoms with van der Waals surface area (Å²) >= 11 is 3.60. The van der Waals surface area contributed by atoms with Crippen LogP contribution in [0, 0.1) is 10.8 Å². The van der Waals surface area contributed by atoms with Gasteiger partial charge in [0.15, 0.2) is 0 Å². The number of methoxy groups -OCH3 is 6. The summed E-state index contributed by atoms with van der Waals surface area (Å²) in [6.45, 7) is 16.8. The summed E-state index contributed by atoms with van der Waals surface area (Å²) in [5.74, 6) is 0. The number of alkyl halides is 1. The Morgan fingerprint density at radius 1 is 0.175 bits per heavy atom. The van der Waals surface area contributed by atoms with E-state index in [4.69, 9.17) is 110 Å². The van der Waals surface area contributed by atoms with Gasteiger partial charge in [0.1, 0.15) is 0 Å². The minimum absolute atomic E-state index is 0. The maximum Gasteiger partial charge on any atom is 0.0701 e. The lowest BCUT2D eigenvalue weighted by Gasteiger charge is -2.33. The smallest absolute Gasteiger partial charge is 0.0701 e. The molecule has 0 aromatic rings. The number of aliphatic hydroxyl groups is 3. The molecule has 0 saturated heterocycles. The van der Waals surface area contributed by atoms with Crippen LogP contribution in [-0.2, 0) is 99.5 Å². The first kappa shape index (κ1) is 182. The Hall–Kier alpha value is -0.480. The Morgan fingerprint density at radius 2 is 0.289 bits per heavy atom. The topological polar surface area (TPSA) is 255 Å². The molecule has 25 heteroatoms. The molecule has 0 aliphatic carbocycles. The quantitative estimate of drug-likeness (QED) is 0.0378. The van der Waals surface area contributed by atoms with E-state index in [9.17, 15) is 0 Å². The highest BCUT2D eigenvalue weighted by atomic mass is 79.9. The van der Waals surface area contributed by atoms with Crippen molar-refractivity contribution < 1.29 is 115 Å². The summed E-state index contributed by atoms with van der Waals surface area (Å²) in [7, 11) is 9.84. The third-order valence-corrected chi connectivity index (χ3v) is 10.2. The van der Waals surface area contributed by atoms with Crippen LogP contribution in [0.3, 0.4) is 0 Å². The van der Waals surface area contributed by atoms with Crippen LogP contribution in [0.2, 0.25) is 0 Å². The van der Waals surface area contributed by atoms with Crippen molar-refractivity contribution in [2.24, 2.45) is 10.8 Å². The molecule has 97 heavy (non-hydrogen) atoms. The lowest BCUT2D eigenvalue weighted by molar-refractivity contribution is -0.122. The largest absolute Gasteiger partial charge is 0.394 e. The number of ether oxygens (including phenoxy) is 21. The van der Waals surface area contributed by atoms with E-state index in [0.717, 1.165) is 0 Å². The molecule has 0 aromatic carbocycles. The van der Waals surface area contributed by atoms with E-state index in [0.29, 0.717) is 237 Å². The molecule has 0 saturated carbocycles. The zero-order chi connectivity index (χ0) is 54.1. The Bertz CT molecular complexity index is 891.